The second kappa shape index (κ2) is 3.27. The molecule has 1 rings (SSSR count). The van der Waals surface area contributed by atoms with Crippen LogP contribution in [0.5, 0.6) is 0 Å². The Balaban J connectivity index is 2.67. The first-order valence-electron chi connectivity index (χ1n) is 4.87. The maximum Gasteiger partial charge on any atom is 0.114 e. The molecule has 0 bridgehead atoms. The van der Waals surface area contributed by atoms with Gasteiger partial charge in [0.2, 0.25) is 0 Å². The largest absolute Gasteiger partial charge is 0.114 e. The van der Waals surface area contributed by atoms with Crippen LogP contribution in [0.25, 0.3) is 0 Å². The van der Waals surface area contributed by atoms with Gasteiger partial charge in [-0.3, -0.25) is 0 Å². The van der Waals surface area contributed by atoms with Crippen molar-refractivity contribution in [3.8, 4) is 0 Å². The number of hydrogen-bond donors (Lipinski definition) is 0. The van der Waals surface area contributed by atoms with Crippen LogP contribution in [0.15, 0.2) is 10.6 Å². The van der Waals surface area contributed by atoms with Gasteiger partial charge in [0.25, 0.3) is 0 Å². The third-order valence-electron chi connectivity index (χ3n) is 3.07. The molecule has 11 heavy (non-hydrogen) atoms. The number of hydrogen-bond acceptors (Lipinski definition) is 0. The first kappa shape index (κ1) is 9.26. The Morgan fingerprint density at radius 2 is 1.18 bits per heavy atom. The van der Waals surface area contributed by atoms with Gasteiger partial charge in [0.05, 0.1) is 19.6 Å². The van der Waals surface area contributed by atoms with E-state index in [9.17, 15) is 0 Å². The summed E-state index contributed by atoms with van der Waals surface area (Å²) in [7, 11) is -0.541. The van der Waals surface area contributed by atoms with Crippen LogP contribution in [0.1, 0.15) is 40.5 Å². The summed E-state index contributed by atoms with van der Waals surface area (Å²) in [4.78, 5) is 0. The Hall–Kier alpha value is 0.170. The van der Waals surface area contributed by atoms with Gasteiger partial charge in [-0.2, -0.15) is 0 Å². The molecule has 0 aromatic rings. The SMILES string of the molecule is CCC1=C(CC)[P+]1(CC)CC. The molecule has 0 saturated carbocycles. The van der Waals surface area contributed by atoms with Crippen LogP contribution < -0.4 is 0 Å². The highest BCUT2D eigenvalue weighted by molar-refractivity contribution is 7.90. The molecule has 0 radical (unpaired) electrons. The predicted molar refractivity (Wildman–Crippen MR) is 55.6 cm³/mol. The fraction of sp³-hybridized carbons (Fsp3) is 0.800. The summed E-state index contributed by atoms with van der Waals surface area (Å²) < 4.78 is 0. The highest BCUT2D eigenvalue weighted by Crippen LogP contribution is 2.87. The van der Waals surface area contributed by atoms with Crippen molar-refractivity contribution in [2.24, 2.45) is 0 Å². The van der Waals surface area contributed by atoms with Crippen molar-refractivity contribution >= 4 is 7.26 Å². The molecule has 0 fully saturated rings. The van der Waals surface area contributed by atoms with E-state index in [0.717, 1.165) is 0 Å². The van der Waals surface area contributed by atoms with Crippen molar-refractivity contribution in [1.29, 1.82) is 0 Å². The first-order chi connectivity index (χ1) is 5.26. The topological polar surface area (TPSA) is 0 Å². The minimum Gasteiger partial charge on any atom is -0.0579 e. The molecule has 1 heterocycles. The summed E-state index contributed by atoms with van der Waals surface area (Å²) in [6.07, 6.45) is 5.54. The van der Waals surface area contributed by atoms with Crippen molar-refractivity contribution < 1.29 is 0 Å². The standard InChI is InChI=1S/C10H20P/c1-5-9-10(6-2)11(9,7-3)8-4/h5-8H2,1-4H3/q+1. The molecule has 0 unspecified atom stereocenters. The summed E-state index contributed by atoms with van der Waals surface area (Å²) in [6, 6.07) is 0. The van der Waals surface area contributed by atoms with Gasteiger partial charge in [0.15, 0.2) is 0 Å². The van der Waals surface area contributed by atoms with E-state index in [-0.39, 0.29) is 0 Å². The zero-order valence-electron chi connectivity index (χ0n) is 8.28. The first-order valence-corrected chi connectivity index (χ1v) is 7.02. The average Bonchev–Trinajstić information content (AvgIpc) is 2.72. The Bertz CT molecular complexity index is 159. The van der Waals surface area contributed by atoms with Crippen LogP contribution in [0.3, 0.4) is 0 Å². The fourth-order valence-corrected chi connectivity index (χ4v) is 7.21. The molecular formula is C10H20P+. The van der Waals surface area contributed by atoms with E-state index >= 15 is 0 Å². The van der Waals surface area contributed by atoms with Crippen LogP contribution in [0, 0.1) is 0 Å². The summed E-state index contributed by atoms with van der Waals surface area (Å²) in [5.74, 6) is 0. The van der Waals surface area contributed by atoms with E-state index < -0.39 is 7.26 Å². The average molecular weight is 171 g/mol. The number of allylic oxidation sites excluding steroid dienone is 2. The summed E-state index contributed by atoms with van der Waals surface area (Å²) in [5, 5.41) is 3.76. The maximum absolute atomic E-state index is 2.37. The summed E-state index contributed by atoms with van der Waals surface area (Å²) in [5.41, 5.74) is 0. The normalized spacial score (nSPS) is 20.7. The molecule has 1 aliphatic rings. The summed E-state index contributed by atoms with van der Waals surface area (Å²) in [6.45, 7) is 9.38. The van der Waals surface area contributed by atoms with Gasteiger partial charge in [-0.25, -0.2) is 0 Å². The quantitative estimate of drug-likeness (QED) is 0.559. The molecule has 0 aromatic heterocycles. The van der Waals surface area contributed by atoms with Crippen LogP contribution in [-0.4, -0.2) is 12.3 Å². The van der Waals surface area contributed by atoms with Crippen molar-refractivity contribution in [2.75, 3.05) is 12.3 Å². The second-order valence-electron chi connectivity index (χ2n) is 3.20. The summed E-state index contributed by atoms with van der Waals surface area (Å²) >= 11 is 0. The second-order valence-corrected chi connectivity index (χ2v) is 7.48. The lowest BCUT2D eigenvalue weighted by Crippen LogP contribution is -1.85. The van der Waals surface area contributed by atoms with Gasteiger partial charge >= 0.3 is 0 Å². The zero-order valence-corrected chi connectivity index (χ0v) is 9.17. The third kappa shape index (κ3) is 1.16. The minimum absolute atomic E-state index is 0.541. The Labute approximate surface area is 71.4 Å². The minimum atomic E-state index is -0.541. The highest BCUT2D eigenvalue weighted by Gasteiger charge is 2.57. The molecule has 0 aliphatic carbocycles. The predicted octanol–water partition coefficient (Wildman–Crippen LogP) is 4.09. The lowest BCUT2D eigenvalue weighted by atomic mass is 10.4. The molecule has 64 valence electrons. The van der Waals surface area contributed by atoms with E-state index in [1.54, 1.807) is 0 Å². The van der Waals surface area contributed by atoms with E-state index in [1.165, 1.54) is 25.2 Å². The fourth-order valence-electron chi connectivity index (χ4n) is 2.43. The Morgan fingerprint density at radius 1 is 0.818 bits per heavy atom. The van der Waals surface area contributed by atoms with Gasteiger partial charge in [-0.05, 0) is 13.8 Å². The van der Waals surface area contributed by atoms with Crippen molar-refractivity contribution in [2.45, 2.75) is 40.5 Å². The van der Waals surface area contributed by atoms with Gasteiger partial charge in [0.1, 0.15) is 10.6 Å². The smallest absolute Gasteiger partial charge is 0.0579 e. The van der Waals surface area contributed by atoms with Gasteiger partial charge < -0.3 is 0 Å². The van der Waals surface area contributed by atoms with Crippen LogP contribution in [-0.2, 0) is 0 Å². The van der Waals surface area contributed by atoms with E-state index in [0.29, 0.717) is 0 Å². The monoisotopic (exact) mass is 171 g/mol. The van der Waals surface area contributed by atoms with Crippen molar-refractivity contribution in [3.05, 3.63) is 10.6 Å². The molecule has 0 nitrogen and oxygen atoms in total. The van der Waals surface area contributed by atoms with E-state index in [2.05, 4.69) is 27.7 Å². The molecule has 0 spiro atoms. The van der Waals surface area contributed by atoms with Crippen LogP contribution in [0.4, 0.5) is 0 Å². The van der Waals surface area contributed by atoms with Gasteiger partial charge in [0, 0.05) is 12.8 Å². The zero-order chi connectivity index (χ0) is 8.48. The van der Waals surface area contributed by atoms with Crippen LogP contribution in [0.2, 0.25) is 0 Å². The molecular weight excluding hydrogens is 151 g/mol. The van der Waals surface area contributed by atoms with Gasteiger partial charge in [-0.15, -0.1) is 0 Å². The highest BCUT2D eigenvalue weighted by atomic mass is 31.2. The van der Waals surface area contributed by atoms with Gasteiger partial charge in [-0.1, -0.05) is 13.8 Å². The Kier molecular flexibility index (Phi) is 2.75. The number of rotatable bonds is 4. The van der Waals surface area contributed by atoms with Crippen LogP contribution >= 0.6 is 7.26 Å². The molecule has 0 N–H and O–H groups in total. The molecule has 0 aromatic carbocycles. The molecule has 1 heteroatoms. The third-order valence-corrected chi connectivity index (χ3v) is 8.24. The van der Waals surface area contributed by atoms with E-state index in [4.69, 9.17) is 0 Å². The lowest BCUT2D eigenvalue weighted by molar-refractivity contribution is 1.16. The van der Waals surface area contributed by atoms with E-state index in [1.807, 2.05) is 10.6 Å². The molecule has 0 atom stereocenters. The van der Waals surface area contributed by atoms with Crippen molar-refractivity contribution in [3.63, 3.8) is 0 Å². The maximum atomic E-state index is 2.37. The Morgan fingerprint density at radius 3 is 1.27 bits per heavy atom. The molecule has 0 amide bonds. The molecule has 1 aliphatic heterocycles. The lowest BCUT2D eigenvalue weighted by Gasteiger charge is -2.05. The van der Waals surface area contributed by atoms with Crippen molar-refractivity contribution in [1.82, 2.24) is 0 Å². The molecule has 0 saturated heterocycles.